The van der Waals surface area contributed by atoms with E-state index in [2.05, 4.69) is 39.0 Å². The van der Waals surface area contributed by atoms with Gasteiger partial charge in [0.05, 0.1) is 20.6 Å². The first kappa shape index (κ1) is 24.8. The van der Waals surface area contributed by atoms with Gasteiger partial charge in [-0.25, -0.2) is 4.39 Å². The van der Waals surface area contributed by atoms with Crippen LogP contribution in [0.5, 0.6) is 11.5 Å². The van der Waals surface area contributed by atoms with E-state index in [0.29, 0.717) is 24.3 Å². The summed E-state index contributed by atoms with van der Waals surface area (Å²) in [6.07, 6.45) is 2.30. The van der Waals surface area contributed by atoms with Gasteiger partial charge in [-0.3, -0.25) is 4.79 Å². The van der Waals surface area contributed by atoms with Crippen molar-refractivity contribution in [2.75, 3.05) is 14.2 Å². The molecular weight excluding hydrogens is 443 g/mol. The number of methoxy groups -OCH3 is 2. The SMILES string of the molecule is COC(=O)CC1CCc2cc(OCc3ccc(-c4cc(OC)ccc4F)c(C(C)(C)C)c3)ccc21. The molecule has 1 aliphatic rings. The molecule has 1 unspecified atom stereocenters. The third-order valence-electron chi connectivity index (χ3n) is 6.72. The number of hydrogen-bond donors (Lipinski definition) is 0. The second-order valence-electron chi connectivity index (χ2n) is 10.1. The first-order valence-corrected chi connectivity index (χ1v) is 12.0. The summed E-state index contributed by atoms with van der Waals surface area (Å²) in [6, 6.07) is 17.0. The van der Waals surface area contributed by atoms with Crippen LogP contribution in [0.4, 0.5) is 4.39 Å². The third kappa shape index (κ3) is 5.50. The molecule has 0 aliphatic heterocycles. The molecule has 4 nitrogen and oxygen atoms in total. The lowest BCUT2D eigenvalue weighted by Crippen LogP contribution is -2.14. The van der Waals surface area contributed by atoms with E-state index >= 15 is 0 Å². The van der Waals surface area contributed by atoms with Gasteiger partial charge >= 0.3 is 5.97 Å². The van der Waals surface area contributed by atoms with Crippen molar-refractivity contribution in [2.24, 2.45) is 0 Å². The molecule has 0 radical (unpaired) electrons. The number of hydrogen-bond acceptors (Lipinski definition) is 4. The number of fused-ring (bicyclic) bond motifs is 1. The summed E-state index contributed by atoms with van der Waals surface area (Å²) >= 11 is 0. The molecule has 0 heterocycles. The number of ether oxygens (including phenoxy) is 3. The molecule has 5 heteroatoms. The molecular formula is C30H33FO4. The normalized spacial score (nSPS) is 15.0. The number of benzene rings is 3. The Balaban J connectivity index is 1.55. The molecule has 0 aromatic heterocycles. The Labute approximate surface area is 207 Å². The van der Waals surface area contributed by atoms with Crippen LogP contribution in [0.2, 0.25) is 0 Å². The minimum Gasteiger partial charge on any atom is -0.497 e. The Morgan fingerprint density at radius 2 is 1.74 bits per heavy atom. The van der Waals surface area contributed by atoms with Gasteiger partial charge in [0.2, 0.25) is 0 Å². The summed E-state index contributed by atoms with van der Waals surface area (Å²) < 4.78 is 31.1. The third-order valence-corrected chi connectivity index (χ3v) is 6.72. The maximum atomic E-state index is 14.8. The maximum Gasteiger partial charge on any atom is 0.306 e. The number of carbonyl (C=O) groups is 1. The molecule has 0 amide bonds. The highest BCUT2D eigenvalue weighted by molar-refractivity contribution is 5.71. The van der Waals surface area contributed by atoms with E-state index < -0.39 is 0 Å². The average molecular weight is 477 g/mol. The van der Waals surface area contributed by atoms with Crippen molar-refractivity contribution in [2.45, 2.75) is 58.0 Å². The standard InChI is InChI=1S/C30H33FO4/c1-30(2,3)27-14-19(6-11-25(27)26-17-22(33-4)10-13-28(26)31)18-35-23-9-12-24-20(15-23)7-8-21(24)16-29(32)34-5/h6,9-15,17,21H,7-8,16,18H2,1-5H3. The van der Waals surface area contributed by atoms with Crippen molar-refractivity contribution in [1.82, 2.24) is 0 Å². The highest BCUT2D eigenvalue weighted by Crippen LogP contribution is 2.39. The Hall–Kier alpha value is -3.34. The summed E-state index contributed by atoms with van der Waals surface area (Å²) in [5, 5.41) is 0. The number of carbonyl (C=O) groups excluding carboxylic acids is 1. The lowest BCUT2D eigenvalue weighted by atomic mass is 9.81. The summed E-state index contributed by atoms with van der Waals surface area (Å²) in [7, 11) is 3.01. The zero-order valence-corrected chi connectivity index (χ0v) is 21.1. The summed E-state index contributed by atoms with van der Waals surface area (Å²) in [5.74, 6) is 1.20. The number of aryl methyl sites for hydroxylation is 1. The quantitative estimate of drug-likeness (QED) is 0.346. The largest absolute Gasteiger partial charge is 0.497 e. The first-order chi connectivity index (χ1) is 16.7. The number of halogens is 1. The van der Waals surface area contributed by atoms with Crippen LogP contribution in [0, 0.1) is 5.82 Å². The molecule has 0 fully saturated rings. The van der Waals surface area contributed by atoms with Crippen LogP contribution in [0.1, 0.15) is 61.8 Å². The molecule has 3 aromatic rings. The van der Waals surface area contributed by atoms with Crippen LogP contribution in [0.3, 0.4) is 0 Å². The van der Waals surface area contributed by atoms with Crippen molar-refractivity contribution in [3.05, 3.63) is 82.7 Å². The van der Waals surface area contributed by atoms with Gasteiger partial charge in [-0.15, -0.1) is 0 Å². The summed E-state index contributed by atoms with van der Waals surface area (Å²) in [4.78, 5) is 11.7. The molecule has 3 aromatic carbocycles. The lowest BCUT2D eigenvalue weighted by Gasteiger charge is -2.24. The predicted octanol–water partition coefficient (Wildman–Crippen LogP) is 6.97. The molecule has 1 atom stereocenters. The molecule has 0 N–H and O–H groups in total. The monoisotopic (exact) mass is 476 g/mol. The van der Waals surface area contributed by atoms with Crippen LogP contribution in [-0.4, -0.2) is 20.2 Å². The lowest BCUT2D eigenvalue weighted by molar-refractivity contribution is -0.141. The van der Waals surface area contributed by atoms with Crippen molar-refractivity contribution in [3.8, 4) is 22.6 Å². The molecule has 0 bridgehead atoms. The van der Waals surface area contributed by atoms with E-state index in [4.69, 9.17) is 14.2 Å². The molecule has 35 heavy (non-hydrogen) atoms. The minimum absolute atomic E-state index is 0.171. The molecule has 4 rings (SSSR count). The Morgan fingerprint density at radius 1 is 0.971 bits per heavy atom. The smallest absolute Gasteiger partial charge is 0.306 e. The highest BCUT2D eigenvalue weighted by atomic mass is 19.1. The van der Waals surface area contributed by atoms with Crippen molar-refractivity contribution in [1.29, 1.82) is 0 Å². The number of esters is 1. The molecule has 0 saturated heterocycles. The average Bonchev–Trinajstić information content (AvgIpc) is 3.24. The van der Waals surface area contributed by atoms with Crippen LogP contribution in [0.25, 0.3) is 11.1 Å². The zero-order valence-electron chi connectivity index (χ0n) is 21.1. The van der Waals surface area contributed by atoms with Crippen molar-refractivity contribution >= 4 is 5.97 Å². The van der Waals surface area contributed by atoms with Gasteiger partial charge in [-0.2, -0.15) is 0 Å². The van der Waals surface area contributed by atoms with Crippen molar-refractivity contribution in [3.63, 3.8) is 0 Å². The minimum atomic E-state index is -0.274. The van der Waals surface area contributed by atoms with Crippen molar-refractivity contribution < 1.29 is 23.4 Å². The van der Waals surface area contributed by atoms with Gasteiger partial charge in [-0.05, 0) is 82.3 Å². The zero-order chi connectivity index (χ0) is 25.2. The van der Waals surface area contributed by atoms with E-state index in [-0.39, 0.29) is 23.1 Å². The molecule has 0 saturated carbocycles. The van der Waals surface area contributed by atoms with Gasteiger partial charge in [0.1, 0.15) is 23.9 Å². The van der Waals surface area contributed by atoms with E-state index in [1.165, 1.54) is 24.3 Å². The van der Waals surface area contributed by atoms with E-state index in [1.54, 1.807) is 19.2 Å². The van der Waals surface area contributed by atoms with Gasteiger partial charge in [0, 0.05) is 5.56 Å². The van der Waals surface area contributed by atoms with Crippen LogP contribution in [-0.2, 0) is 28.0 Å². The van der Waals surface area contributed by atoms with E-state index in [0.717, 1.165) is 35.3 Å². The van der Waals surface area contributed by atoms with Gasteiger partial charge in [0.25, 0.3) is 0 Å². The Bertz CT molecular complexity index is 1230. The fourth-order valence-corrected chi connectivity index (χ4v) is 4.81. The predicted molar refractivity (Wildman–Crippen MR) is 136 cm³/mol. The van der Waals surface area contributed by atoms with Crippen LogP contribution in [0.15, 0.2) is 54.6 Å². The summed E-state index contributed by atoms with van der Waals surface area (Å²) in [6.45, 7) is 6.79. The first-order valence-electron chi connectivity index (χ1n) is 12.0. The Morgan fingerprint density at radius 3 is 2.46 bits per heavy atom. The highest BCUT2D eigenvalue weighted by Gasteiger charge is 2.26. The molecule has 0 spiro atoms. The van der Waals surface area contributed by atoms with Gasteiger partial charge in [-0.1, -0.05) is 45.0 Å². The molecule has 184 valence electrons. The van der Waals surface area contributed by atoms with Crippen LogP contribution < -0.4 is 9.47 Å². The van der Waals surface area contributed by atoms with E-state index in [1.807, 2.05) is 18.2 Å². The molecule has 1 aliphatic carbocycles. The fourth-order valence-electron chi connectivity index (χ4n) is 4.81. The van der Waals surface area contributed by atoms with Crippen LogP contribution >= 0.6 is 0 Å². The topological polar surface area (TPSA) is 44.8 Å². The Kier molecular flexibility index (Phi) is 7.15. The maximum absolute atomic E-state index is 14.8. The van der Waals surface area contributed by atoms with E-state index in [9.17, 15) is 9.18 Å². The fraction of sp³-hybridized carbons (Fsp3) is 0.367. The second-order valence-corrected chi connectivity index (χ2v) is 10.1. The summed E-state index contributed by atoms with van der Waals surface area (Å²) in [5.41, 5.74) is 5.70. The van der Waals surface area contributed by atoms with Gasteiger partial charge in [0.15, 0.2) is 0 Å². The number of rotatable bonds is 7. The second kappa shape index (κ2) is 10.1. The van der Waals surface area contributed by atoms with Gasteiger partial charge < -0.3 is 14.2 Å².